The lowest BCUT2D eigenvalue weighted by atomic mass is 9.97. The zero-order valence-corrected chi connectivity index (χ0v) is 20.1. The van der Waals surface area contributed by atoms with Crippen molar-refractivity contribution in [1.29, 1.82) is 0 Å². The minimum absolute atomic E-state index is 0.124. The van der Waals surface area contributed by atoms with Crippen molar-refractivity contribution in [3.05, 3.63) is 71.8 Å². The molecular weight excluding hydrogens is 462 g/mol. The zero-order chi connectivity index (χ0) is 24.4. The molecular formula is C28H27NO5S. The van der Waals surface area contributed by atoms with Gasteiger partial charge in [0, 0.05) is 27.9 Å². The third-order valence-corrected chi connectivity index (χ3v) is 7.67. The number of ether oxygens (including phenoxy) is 1. The van der Waals surface area contributed by atoms with E-state index in [0.717, 1.165) is 30.9 Å². The lowest BCUT2D eigenvalue weighted by molar-refractivity contribution is 0.104. The molecule has 1 aliphatic heterocycles. The molecule has 3 aromatic carbocycles. The van der Waals surface area contributed by atoms with Gasteiger partial charge in [-0.3, -0.25) is 9.69 Å². The number of hydrogen-bond donors (Lipinski definition) is 3. The summed E-state index contributed by atoms with van der Waals surface area (Å²) < 4.78 is 6.34. The fourth-order valence-corrected chi connectivity index (χ4v) is 5.74. The highest BCUT2D eigenvalue weighted by molar-refractivity contribution is 7.23. The van der Waals surface area contributed by atoms with E-state index in [-0.39, 0.29) is 23.0 Å². The number of fused-ring (bicyclic) bond motifs is 1. The molecule has 2 heterocycles. The Kier molecular flexibility index (Phi) is 6.61. The summed E-state index contributed by atoms with van der Waals surface area (Å²) >= 11 is 1.23. The summed E-state index contributed by atoms with van der Waals surface area (Å²) in [5.41, 5.74) is 1.69. The molecule has 0 atom stereocenters. The van der Waals surface area contributed by atoms with Gasteiger partial charge in [0.05, 0.1) is 4.70 Å². The van der Waals surface area contributed by atoms with Crippen molar-refractivity contribution in [1.82, 2.24) is 4.90 Å². The van der Waals surface area contributed by atoms with Crippen LogP contribution >= 0.6 is 11.3 Å². The van der Waals surface area contributed by atoms with Gasteiger partial charge >= 0.3 is 0 Å². The van der Waals surface area contributed by atoms with Crippen LogP contribution < -0.4 is 4.74 Å². The van der Waals surface area contributed by atoms with Crippen molar-refractivity contribution < 1.29 is 24.9 Å². The van der Waals surface area contributed by atoms with Gasteiger partial charge in [-0.25, -0.2) is 0 Å². The standard InChI is InChI=1S/C28H27NO5S/c30-20-8-4-19(5-9-20)27-24(22-12-13-23(31)26(33)28(22)35-27)25(32)18-6-10-21(11-7-18)34-17-16-29-14-2-1-3-15-29/h4-13,30-31,33H,1-3,14-17H2. The third-order valence-electron chi connectivity index (χ3n) is 6.41. The first-order chi connectivity index (χ1) is 17.0. The number of thiophene rings is 1. The van der Waals surface area contributed by atoms with E-state index < -0.39 is 0 Å². The summed E-state index contributed by atoms with van der Waals surface area (Å²) in [5.74, 6) is 0.170. The number of carbonyl (C=O) groups is 1. The van der Waals surface area contributed by atoms with Crippen LogP contribution in [0.2, 0.25) is 0 Å². The Balaban J connectivity index is 1.42. The van der Waals surface area contributed by atoms with Gasteiger partial charge in [-0.05, 0) is 92.2 Å². The molecule has 4 aromatic rings. The maximum Gasteiger partial charge on any atom is 0.195 e. The van der Waals surface area contributed by atoms with Gasteiger partial charge in [0.1, 0.15) is 18.1 Å². The molecule has 1 saturated heterocycles. The molecule has 0 saturated carbocycles. The number of rotatable bonds is 7. The number of piperidine rings is 1. The Hall–Kier alpha value is -3.55. The summed E-state index contributed by atoms with van der Waals surface area (Å²) in [5, 5.41) is 30.7. The molecule has 0 amide bonds. The summed E-state index contributed by atoms with van der Waals surface area (Å²) in [6.45, 7) is 3.76. The Bertz CT molecular complexity index is 1340. The predicted molar refractivity (Wildman–Crippen MR) is 138 cm³/mol. The van der Waals surface area contributed by atoms with E-state index in [9.17, 15) is 20.1 Å². The highest BCUT2D eigenvalue weighted by atomic mass is 32.1. The van der Waals surface area contributed by atoms with E-state index in [1.54, 1.807) is 42.5 Å². The quantitative estimate of drug-likeness (QED) is 0.225. The topological polar surface area (TPSA) is 90.2 Å². The number of likely N-dealkylation sites (tertiary alicyclic amines) is 1. The molecule has 6 nitrogen and oxygen atoms in total. The van der Waals surface area contributed by atoms with Crippen LogP contribution in [0.3, 0.4) is 0 Å². The van der Waals surface area contributed by atoms with E-state index in [2.05, 4.69) is 4.90 Å². The first-order valence-corrected chi connectivity index (χ1v) is 12.6. The number of ketones is 1. The predicted octanol–water partition coefficient (Wildman–Crippen LogP) is 5.78. The van der Waals surface area contributed by atoms with Crippen molar-refractivity contribution in [2.45, 2.75) is 19.3 Å². The largest absolute Gasteiger partial charge is 0.508 e. The van der Waals surface area contributed by atoms with Crippen molar-refractivity contribution in [2.75, 3.05) is 26.2 Å². The molecule has 0 spiro atoms. The fourth-order valence-electron chi connectivity index (χ4n) is 4.50. The second-order valence-electron chi connectivity index (χ2n) is 8.77. The normalized spacial score (nSPS) is 14.3. The van der Waals surface area contributed by atoms with E-state index in [1.165, 1.54) is 36.7 Å². The molecule has 0 radical (unpaired) electrons. The monoisotopic (exact) mass is 489 g/mol. The van der Waals surface area contributed by atoms with Crippen LogP contribution in [-0.2, 0) is 0 Å². The van der Waals surface area contributed by atoms with Crippen molar-refractivity contribution in [3.8, 4) is 33.4 Å². The van der Waals surface area contributed by atoms with Crippen LogP contribution in [0, 0.1) is 0 Å². The van der Waals surface area contributed by atoms with E-state index in [0.29, 0.717) is 32.7 Å². The van der Waals surface area contributed by atoms with Crippen LogP contribution in [0.5, 0.6) is 23.0 Å². The SMILES string of the molecule is O=C(c1ccc(OCCN2CCCCC2)cc1)c1c(-c2ccc(O)cc2)sc2c(O)c(O)ccc12. The van der Waals surface area contributed by atoms with Crippen molar-refractivity contribution >= 4 is 27.2 Å². The Morgan fingerprint density at radius 1 is 0.886 bits per heavy atom. The summed E-state index contributed by atoms with van der Waals surface area (Å²) in [6.07, 6.45) is 3.80. The lowest BCUT2D eigenvalue weighted by Crippen LogP contribution is -2.33. The van der Waals surface area contributed by atoms with Gasteiger partial charge in [-0.1, -0.05) is 6.42 Å². The first kappa shape index (κ1) is 23.2. The Morgan fingerprint density at radius 3 is 2.31 bits per heavy atom. The molecule has 0 bridgehead atoms. The molecule has 1 aliphatic rings. The number of hydrogen-bond acceptors (Lipinski definition) is 7. The highest BCUT2D eigenvalue weighted by Crippen LogP contribution is 2.46. The summed E-state index contributed by atoms with van der Waals surface area (Å²) in [6, 6.07) is 16.7. The Labute approximate surface area is 207 Å². The third kappa shape index (κ3) is 4.83. The van der Waals surface area contributed by atoms with Crippen LogP contribution in [0.1, 0.15) is 35.2 Å². The van der Waals surface area contributed by atoms with Gasteiger partial charge in [-0.15, -0.1) is 11.3 Å². The molecule has 3 N–H and O–H groups in total. The van der Waals surface area contributed by atoms with Crippen molar-refractivity contribution in [3.63, 3.8) is 0 Å². The average Bonchev–Trinajstić information content (AvgIpc) is 3.27. The molecule has 1 fully saturated rings. The Morgan fingerprint density at radius 2 is 1.60 bits per heavy atom. The van der Waals surface area contributed by atoms with Gasteiger partial charge in [-0.2, -0.15) is 0 Å². The van der Waals surface area contributed by atoms with Crippen LogP contribution in [0.15, 0.2) is 60.7 Å². The summed E-state index contributed by atoms with van der Waals surface area (Å²) in [7, 11) is 0. The zero-order valence-electron chi connectivity index (χ0n) is 19.2. The smallest absolute Gasteiger partial charge is 0.195 e. The van der Waals surface area contributed by atoms with Gasteiger partial charge in [0.15, 0.2) is 17.3 Å². The van der Waals surface area contributed by atoms with E-state index in [4.69, 9.17) is 4.74 Å². The van der Waals surface area contributed by atoms with Crippen molar-refractivity contribution in [2.24, 2.45) is 0 Å². The minimum Gasteiger partial charge on any atom is -0.508 e. The van der Waals surface area contributed by atoms with Crippen LogP contribution in [0.25, 0.3) is 20.5 Å². The van der Waals surface area contributed by atoms with Crippen LogP contribution in [-0.4, -0.2) is 52.2 Å². The number of phenols is 3. The molecule has 0 aliphatic carbocycles. The molecule has 35 heavy (non-hydrogen) atoms. The first-order valence-electron chi connectivity index (χ1n) is 11.8. The van der Waals surface area contributed by atoms with Gasteiger partial charge in [0.25, 0.3) is 0 Å². The molecule has 180 valence electrons. The molecule has 1 aromatic heterocycles. The number of nitrogens with zero attached hydrogens (tertiary/aromatic N) is 1. The van der Waals surface area contributed by atoms with E-state index in [1.807, 2.05) is 12.1 Å². The molecule has 0 unspecified atom stereocenters. The summed E-state index contributed by atoms with van der Waals surface area (Å²) in [4.78, 5) is 16.8. The maximum atomic E-state index is 13.7. The minimum atomic E-state index is -0.246. The fraction of sp³-hybridized carbons (Fsp3) is 0.250. The second kappa shape index (κ2) is 9.98. The number of benzene rings is 3. The number of aromatic hydroxyl groups is 3. The lowest BCUT2D eigenvalue weighted by Gasteiger charge is -2.26. The molecule has 5 rings (SSSR count). The average molecular weight is 490 g/mol. The number of phenolic OH excluding ortho intramolecular Hbond substituents is 3. The molecule has 7 heteroatoms. The van der Waals surface area contributed by atoms with Gasteiger partial charge < -0.3 is 20.1 Å². The second-order valence-corrected chi connectivity index (χ2v) is 9.79. The maximum absolute atomic E-state index is 13.7. The van der Waals surface area contributed by atoms with E-state index >= 15 is 0 Å². The number of carbonyl (C=O) groups excluding carboxylic acids is 1. The van der Waals surface area contributed by atoms with Gasteiger partial charge in [0.2, 0.25) is 0 Å². The highest BCUT2D eigenvalue weighted by Gasteiger charge is 2.24. The van der Waals surface area contributed by atoms with Crippen LogP contribution in [0.4, 0.5) is 0 Å².